The zero-order chi connectivity index (χ0) is 21.7. The Bertz CT molecular complexity index is 1300. The van der Waals surface area contributed by atoms with Crippen molar-refractivity contribution in [1.29, 1.82) is 0 Å². The van der Waals surface area contributed by atoms with Gasteiger partial charge in [-0.3, -0.25) is 4.79 Å². The summed E-state index contributed by atoms with van der Waals surface area (Å²) < 4.78 is 20.9. The topological polar surface area (TPSA) is 113 Å². The van der Waals surface area contributed by atoms with E-state index in [1.54, 1.807) is 30.9 Å². The van der Waals surface area contributed by atoms with Crippen LogP contribution in [-0.4, -0.2) is 61.3 Å². The second-order valence-electron chi connectivity index (χ2n) is 7.84. The molecule has 0 aromatic carbocycles. The number of anilines is 1. The molecule has 11 heteroatoms. The number of aromatic amines is 1. The highest BCUT2D eigenvalue weighted by Crippen LogP contribution is 2.35. The first-order valence-corrected chi connectivity index (χ1v) is 10.3. The standard InChI is InChI=1S/C21H19FN8O2/c22-13-2-1-4-30-17(13)6-15(28-30)20-19-14(25-11-26-19)3-5-29(20)18-8-23-16(7-24-18)21(31)27-12-9-32-10-12/h1-2,4,6-8,11-12,20H,3,5,9-10H2,(H,25,26)(H,27,31)/t20-/m1/s1. The normalized spacial score (nSPS) is 18.4. The second-order valence-corrected chi connectivity index (χ2v) is 7.84. The molecular formula is C21H19FN8O2. The molecule has 0 spiro atoms. The SMILES string of the molecule is O=C(NC1COC1)c1cnc(N2CCc3[nH]cnc3[C@H]2c2cc3c(F)cccn3n2)cn1. The highest BCUT2D eigenvalue weighted by atomic mass is 19.1. The van der Waals surface area contributed by atoms with Gasteiger partial charge in [0.2, 0.25) is 0 Å². The zero-order valence-corrected chi connectivity index (χ0v) is 16.9. The predicted octanol–water partition coefficient (Wildman–Crippen LogP) is 1.27. The highest BCUT2D eigenvalue weighted by molar-refractivity contribution is 5.92. The van der Waals surface area contributed by atoms with Gasteiger partial charge in [0.25, 0.3) is 5.91 Å². The van der Waals surface area contributed by atoms with Crippen molar-refractivity contribution in [3.8, 4) is 0 Å². The highest BCUT2D eigenvalue weighted by Gasteiger charge is 2.34. The van der Waals surface area contributed by atoms with Crippen LogP contribution < -0.4 is 10.2 Å². The molecule has 162 valence electrons. The number of carbonyl (C=O) groups is 1. The smallest absolute Gasteiger partial charge is 0.271 e. The fourth-order valence-corrected chi connectivity index (χ4v) is 4.12. The first-order valence-electron chi connectivity index (χ1n) is 10.3. The summed E-state index contributed by atoms with van der Waals surface area (Å²) in [7, 11) is 0. The molecule has 2 aliphatic heterocycles. The maximum absolute atomic E-state index is 14.3. The summed E-state index contributed by atoms with van der Waals surface area (Å²) in [6.45, 7) is 1.66. The van der Waals surface area contributed by atoms with Gasteiger partial charge in [0.1, 0.15) is 28.9 Å². The Kier molecular flexibility index (Phi) is 4.35. The average molecular weight is 434 g/mol. The van der Waals surface area contributed by atoms with Gasteiger partial charge in [-0.2, -0.15) is 5.10 Å². The average Bonchev–Trinajstić information content (AvgIpc) is 3.43. The van der Waals surface area contributed by atoms with Gasteiger partial charge in [-0.05, 0) is 18.2 Å². The quantitative estimate of drug-likeness (QED) is 0.497. The first-order chi connectivity index (χ1) is 15.7. The number of amides is 1. The summed E-state index contributed by atoms with van der Waals surface area (Å²) in [5, 5.41) is 7.46. The van der Waals surface area contributed by atoms with Crippen LogP contribution in [0.2, 0.25) is 0 Å². The second kappa shape index (κ2) is 7.38. The summed E-state index contributed by atoms with van der Waals surface area (Å²) in [6.07, 6.45) is 7.14. The van der Waals surface area contributed by atoms with Crippen molar-refractivity contribution in [3.63, 3.8) is 0 Å². The summed E-state index contributed by atoms with van der Waals surface area (Å²) in [5.74, 6) is -0.0365. The number of nitrogens with zero attached hydrogens (tertiary/aromatic N) is 6. The Balaban J connectivity index is 1.35. The van der Waals surface area contributed by atoms with Crippen LogP contribution in [0, 0.1) is 5.82 Å². The molecule has 32 heavy (non-hydrogen) atoms. The van der Waals surface area contributed by atoms with Gasteiger partial charge in [0.15, 0.2) is 0 Å². The largest absolute Gasteiger partial charge is 0.377 e. The van der Waals surface area contributed by atoms with E-state index in [1.807, 2.05) is 4.90 Å². The van der Waals surface area contributed by atoms with Gasteiger partial charge in [-0.1, -0.05) is 0 Å². The number of imidazole rings is 1. The maximum atomic E-state index is 14.3. The van der Waals surface area contributed by atoms with E-state index in [1.165, 1.54) is 16.8 Å². The van der Waals surface area contributed by atoms with E-state index in [0.29, 0.717) is 36.8 Å². The Morgan fingerprint density at radius 1 is 1.25 bits per heavy atom. The number of rotatable bonds is 4. The third-order valence-corrected chi connectivity index (χ3v) is 5.81. The molecule has 0 aliphatic carbocycles. The van der Waals surface area contributed by atoms with Gasteiger partial charge in [-0.25, -0.2) is 23.9 Å². The van der Waals surface area contributed by atoms with E-state index >= 15 is 0 Å². The molecule has 1 amide bonds. The van der Waals surface area contributed by atoms with E-state index in [9.17, 15) is 9.18 Å². The molecule has 6 rings (SSSR count). The first kappa shape index (κ1) is 18.9. The van der Waals surface area contributed by atoms with Crippen LogP contribution in [0.25, 0.3) is 5.52 Å². The monoisotopic (exact) mass is 434 g/mol. The van der Waals surface area contributed by atoms with Crippen LogP contribution in [0.4, 0.5) is 10.2 Å². The zero-order valence-electron chi connectivity index (χ0n) is 16.9. The van der Waals surface area contributed by atoms with Gasteiger partial charge in [-0.15, -0.1) is 0 Å². The van der Waals surface area contributed by atoms with Gasteiger partial charge < -0.3 is 19.9 Å². The van der Waals surface area contributed by atoms with Crippen LogP contribution in [0.3, 0.4) is 0 Å². The molecule has 0 unspecified atom stereocenters. The lowest BCUT2D eigenvalue weighted by atomic mass is 10.00. The summed E-state index contributed by atoms with van der Waals surface area (Å²) in [6, 6.07) is 4.40. The lowest BCUT2D eigenvalue weighted by molar-refractivity contribution is -0.00355. The van der Waals surface area contributed by atoms with Gasteiger partial charge >= 0.3 is 0 Å². The summed E-state index contributed by atoms with van der Waals surface area (Å²) >= 11 is 0. The number of hydrogen-bond donors (Lipinski definition) is 2. The summed E-state index contributed by atoms with van der Waals surface area (Å²) in [5.41, 5.74) is 3.11. The number of hydrogen-bond acceptors (Lipinski definition) is 7. The van der Waals surface area contributed by atoms with Crippen LogP contribution >= 0.6 is 0 Å². The van der Waals surface area contributed by atoms with Crippen molar-refractivity contribution in [2.75, 3.05) is 24.7 Å². The molecule has 1 fully saturated rings. The summed E-state index contributed by atoms with van der Waals surface area (Å²) in [4.78, 5) is 30.9. The lowest BCUT2D eigenvalue weighted by Gasteiger charge is -2.34. The number of carbonyl (C=O) groups excluding carboxylic acids is 1. The van der Waals surface area contributed by atoms with Crippen molar-refractivity contribution in [1.82, 2.24) is 34.9 Å². The van der Waals surface area contributed by atoms with Crippen molar-refractivity contribution < 1.29 is 13.9 Å². The van der Waals surface area contributed by atoms with Crippen molar-refractivity contribution in [2.24, 2.45) is 0 Å². The number of halogens is 1. The number of nitrogens with one attached hydrogen (secondary N) is 2. The molecular weight excluding hydrogens is 415 g/mol. The Hall–Kier alpha value is -3.86. The maximum Gasteiger partial charge on any atom is 0.271 e. The van der Waals surface area contributed by atoms with E-state index < -0.39 is 0 Å². The van der Waals surface area contributed by atoms with Crippen LogP contribution in [0.15, 0.2) is 43.1 Å². The Morgan fingerprint density at radius 3 is 2.91 bits per heavy atom. The van der Waals surface area contributed by atoms with Gasteiger partial charge in [0.05, 0.1) is 49.4 Å². The molecule has 0 bridgehead atoms. The number of pyridine rings is 1. The lowest BCUT2D eigenvalue weighted by Crippen LogP contribution is -2.48. The molecule has 2 aliphatic rings. The Labute approximate surface area is 181 Å². The van der Waals surface area contributed by atoms with Crippen LogP contribution in [0.5, 0.6) is 0 Å². The van der Waals surface area contributed by atoms with E-state index in [2.05, 4.69) is 30.4 Å². The van der Waals surface area contributed by atoms with Crippen molar-refractivity contribution in [3.05, 3.63) is 71.7 Å². The molecule has 2 N–H and O–H groups in total. The number of H-pyrrole nitrogens is 1. The van der Waals surface area contributed by atoms with E-state index in [0.717, 1.165) is 17.8 Å². The number of aromatic nitrogens is 6. The molecule has 4 aromatic rings. The van der Waals surface area contributed by atoms with Crippen molar-refractivity contribution >= 4 is 17.2 Å². The fourth-order valence-electron chi connectivity index (χ4n) is 4.12. The minimum Gasteiger partial charge on any atom is -0.377 e. The molecule has 0 saturated carbocycles. The molecule has 0 radical (unpaired) electrons. The van der Waals surface area contributed by atoms with Gasteiger partial charge in [0, 0.05) is 24.9 Å². The van der Waals surface area contributed by atoms with E-state index in [4.69, 9.17) is 4.74 Å². The molecule has 4 aromatic heterocycles. The Morgan fingerprint density at radius 2 is 2.16 bits per heavy atom. The third-order valence-electron chi connectivity index (χ3n) is 5.81. The molecule has 1 atom stereocenters. The van der Waals surface area contributed by atoms with Crippen LogP contribution in [0.1, 0.15) is 33.6 Å². The van der Waals surface area contributed by atoms with Crippen molar-refractivity contribution in [2.45, 2.75) is 18.5 Å². The minimum absolute atomic E-state index is 0.0176. The number of ether oxygens (including phenoxy) is 1. The number of fused-ring (bicyclic) bond motifs is 2. The fraction of sp³-hybridized carbons (Fsp3) is 0.286. The molecule has 1 saturated heterocycles. The molecule has 10 nitrogen and oxygen atoms in total. The minimum atomic E-state index is -0.370. The predicted molar refractivity (Wildman–Crippen MR) is 111 cm³/mol. The van der Waals surface area contributed by atoms with E-state index in [-0.39, 0.29) is 29.5 Å². The van der Waals surface area contributed by atoms with Crippen LogP contribution in [-0.2, 0) is 11.2 Å². The third kappa shape index (κ3) is 3.09. The molecule has 6 heterocycles.